The van der Waals surface area contributed by atoms with Crippen molar-refractivity contribution in [3.05, 3.63) is 43.0 Å². The van der Waals surface area contributed by atoms with Gasteiger partial charge in [0.1, 0.15) is 5.82 Å². The molecule has 1 aliphatic rings. The SMILES string of the molecule is Nc1ncc(-c2cc(Nc3cccnc3)nc(N3CCOCC3)n2)cn1. The molecular weight excluding hydrogens is 332 g/mol. The van der Waals surface area contributed by atoms with Crippen molar-refractivity contribution in [3.63, 3.8) is 0 Å². The summed E-state index contributed by atoms with van der Waals surface area (Å²) in [6.07, 6.45) is 6.77. The van der Waals surface area contributed by atoms with Gasteiger partial charge in [-0.25, -0.2) is 15.0 Å². The van der Waals surface area contributed by atoms with E-state index in [0.717, 1.165) is 24.3 Å². The van der Waals surface area contributed by atoms with Gasteiger partial charge in [-0.3, -0.25) is 4.98 Å². The largest absolute Gasteiger partial charge is 0.378 e. The van der Waals surface area contributed by atoms with E-state index in [1.54, 1.807) is 24.8 Å². The van der Waals surface area contributed by atoms with Crippen LogP contribution in [0.4, 0.5) is 23.4 Å². The lowest BCUT2D eigenvalue weighted by atomic mass is 10.2. The Kier molecular flexibility index (Phi) is 4.52. The molecule has 9 nitrogen and oxygen atoms in total. The molecule has 1 fully saturated rings. The molecule has 4 rings (SSSR count). The number of nitrogen functional groups attached to an aromatic ring is 1. The summed E-state index contributed by atoms with van der Waals surface area (Å²) in [7, 11) is 0. The van der Waals surface area contributed by atoms with E-state index in [1.165, 1.54) is 0 Å². The van der Waals surface area contributed by atoms with Crippen molar-refractivity contribution in [1.29, 1.82) is 0 Å². The number of nitrogens with one attached hydrogen (secondary N) is 1. The van der Waals surface area contributed by atoms with Crippen molar-refractivity contribution < 1.29 is 4.74 Å². The Hall–Kier alpha value is -3.33. The van der Waals surface area contributed by atoms with Crippen molar-refractivity contribution in [1.82, 2.24) is 24.9 Å². The first-order valence-corrected chi connectivity index (χ1v) is 8.25. The number of morpholine rings is 1. The van der Waals surface area contributed by atoms with Crippen LogP contribution in [0.15, 0.2) is 43.0 Å². The fourth-order valence-electron chi connectivity index (χ4n) is 2.61. The molecule has 0 aromatic carbocycles. The van der Waals surface area contributed by atoms with Crippen LogP contribution >= 0.6 is 0 Å². The Bertz CT molecular complexity index is 866. The Morgan fingerprint density at radius 3 is 2.62 bits per heavy atom. The Morgan fingerprint density at radius 2 is 1.88 bits per heavy atom. The van der Waals surface area contributed by atoms with Gasteiger partial charge in [-0.2, -0.15) is 4.98 Å². The molecule has 3 aromatic rings. The van der Waals surface area contributed by atoms with Gasteiger partial charge in [0.15, 0.2) is 0 Å². The molecule has 1 saturated heterocycles. The normalized spacial score (nSPS) is 14.2. The second-order valence-corrected chi connectivity index (χ2v) is 5.73. The molecule has 4 heterocycles. The third-order valence-electron chi connectivity index (χ3n) is 3.91. The number of pyridine rings is 1. The van der Waals surface area contributed by atoms with Gasteiger partial charge in [0.25, 0.3) is 0 Å². The molecule has 9 heteroatoms. The minimum Gasteiger partial charge on any atom is -0.378 e. The highest BCUT2D eigenvalue weighted by Crippen LogP contribution is 2.24. The summed E-state index contributed by atoms with van der Waals surface area (Å²) in [5, 5.41) is 3.27. The Balaban J connectivity index is 1.72. The molecule has 0 aliphatic carbocycles. The number of hydrogen-bond donors (Lipinski definition) is 2. The zero-order valence-corrected chi connectivity index (χ0v) is 14.0. The summed E-state index contributed by atoms with van der Waals surface area (Å²) in [6.45, 7) is 2.80. The third-order valence-corrected chi connectivity index (χ3v) is 3.91. The van der Waals surface area contributed by atoms with Crippen LogP contribution in [0.25, 0.3) is 11.3 Å². The maximum absolute atomic E-state index is 5.59. The van der Waals surface area contributed by atoms with E-state index in [2.05, 4.69) is 35.1 Å². The van der Waals surface area contributed by atoms with Crippen LogP contribution < -0.4 is 16.0 Å². The maximum Gasteiger partial charge on any atom is 0.228 e. The van der Waals surface area contributed by atoms with E-state index in [4.69, 9.17) is 10.5 Å². The monoisotopic (exact) mass is 350 g/mol. The summed E-state index contributed by atoms with van der Waals surface area (Å²) in [4.78, 5) is 23.7. The van der Waals surface area contributed by atoms with Crippen LogP contribution in [0, 0.1) is 0 Å². The minimum absolute atomic E-state index is 0.227. The summed E-state index contributed by atoms with van der Waals surface area (Å²) >= 11 is 0. The van der Waals surface area contributed by atoms with E-state index >= 15 is 0 Å². The molecule has 0 amide bonds. The smallest absolute Gasteiger partial charge is 0.228 e. The highest BCUT2D eigenvalue weighted by Gasteiger charge is 2.16. The van der Waals surface area contributed by atoms with Crippen LogP contribution in [0.3, 0.4) is 0 Å². The quantitative estimate of drug-likeness (QED) is 0.722. The summed E-state index contributed by atoms with van der Waals surface area (Å²) in [5.74, 6) is 1.53. The summed E-state index contributed by atoms with van der Waals surface area (Å²) in [6, 6.07) is 5.64. The molecule has 0 unspecified atom stereocenters. The Labute approximate surface area is 150 Å². The van der Waals surface area contributed by atoms with Gasteiger partial charge < -0.3 is 20.7 Å². The van der Waals surface area contributed by atoms with Gasteiger partial charge in [-0.05, 0) is 12.1 Å². The molecule has 0 atom stereocenters. The average Bonchev–Trinajstić information content (AvgIpc) is 2.70. The highest BCUT2D eigenvalue weighted by molar-refractivity contribution is 5.66. The van der Waals surface area contributed by atoms with Crippen molar-refractivity contribution in [3.8, 4) is 11.3 Å². The summed E-state index contributed by atoms with van der Waals surface area (Å²) in [5.41, 5.74) is 7.92. The van der Waals surface area contributed by atoms with Crippen LogP contribution in [0.2, 0.25) is 0 Å². The lowest BCUT2D eigenvalue weighted by Crippen LogP contribution is -2.37. The molecule has 0 spiro atoms. The second-order valence-electron chi connectivity index (χ2n) is 5.73. The summed E-state index contributed by atoms with van der Waals surface area (Å²) < 4.78 is 5.42. The van der Waals surface area contributed by atoms with E-state index in [1.807, 2.05) is 18.2 Å². The lowest BCUT2D eigenvalue weighted by molar-refractivity contribution is 0.122. The van der Waals surface area contributed by atoms with Crippen molar-refractivity contribution in [2.75, 3.05) is 42.3 Å². The fraction of sp³-hybridized carbons (Fsp3) is 0.235. The predicted molar refractivity (Wildman–Crippen MR) is 98.0 cm³/mol. The van der Waals surface area contributed by atoms with Crippen LogP contribution in [-0.2, 0) is 4.74 Å². The standard InChI is InChI=1S/C17H18N8O/c18-16-20-9-12(10-21-16)14-8-15(22-13-2-1-3-19-11-13)24-17(23-14)25-4-6-26-7-5-25/h1-3,8-11H,4-7H2,(H2,18,20,21)(H,22,23,24). The van der Waals surface area contributed by atoms with Gasteiger partial charge in [-0.1, -0.05) is 0 Å². The van der Waals surface area contributed by atoms with Gasteiger partial charge in [-0.15, -0.1) is 0 Å². The first-order valence-electron chi connectivity index (χ1n) is 8.25. The second kappa shape index (κ2) is 7.28. The molecule has 0 bridgehead atoms. The topological polar surface area (TPSA) is 115 Å². The number of nitrogens with zero attached hydrogens (tertiary/aromatic N) is 6. The number of nitrogens with two attached hydrogens (primary N) is 1. The minimum atomic E-state index is 0.227. The van der Waals surface area contributed by atoms with Gasteiger partial charge in [0.05, 0.1) is 30.8 Å². The van der Waals surface area contributed by atoms with Crippen LogP contribution in [-0.4, -0.2) is 51.2 Å². The molecule has 0 saturated carbocycles. The molecule has 1 aliphatic heterocycles. The fourth-order valence-corrected chi connectivity index (χ4v) is 2.61. The number of hydrogen-bond acceptors (Lipinski definition) is 9. The third kappa shape index (κ3) is 3.67. The van der Waals surface area contributed by atoms with E-state index in [-0.39, 0.29) is 5.95 Å². The molecule has 3 aromatic heterocycles. The van der Waals surface area contributed by atoms with E-state index in [0.29, 0.717) is 30.7 Å². The van der Waals surface area contributed by atoms with E-state index in [9.17, 15) is 0 Å². The zero-order valence-electron chi connectivity index (χ0n) is 14.0. The number of anilines is 4. The van der Waals surface area contributed by atoms with Crippen molar-refractivity contribution in [2.24, 2.45) is 0 Å². The van der Waals surface area contributed by atoms with Gasteiger partial charge in [0, 0.05) is 43.3 Å². The van der Waals surface area contributed by atoms with Crippen molar-refractivity contribution in [2.45, 2.75) is 0 Å². The van der Waals surface area contributed by atoms with E-state index < -0.39 is 0 Å². The first-order chi connectivity index (χ1) is 12.8. The zero-order chi connectivity index (χ0) is 17.8. The lowest BCUT2D eigenvalue weighted by Gasteiger charge is -2.27. The van der Waals surface area contributed by atoms with Gasteiger partial charge >= 0.3 is 0 Å². The van der Waals surface area contributed by atoms with Gasteiger partial charge in [0.2, 0.25) is 11.9 Å². The molecule has 26 heavy (non-hydrogen) atoms. The molecule has 0 radical (unpaired) electrons. The van der Waals surface area contributed by atoms with Crippen molar-refractivity contribution >= 4 is 23.4 Å². The van der Waals surface area contributed by atoms with Crippen LogP contribution in [0.1, 0.15) is 0 Å². The molecule has 3 N–H and O–H groups in total. The molecule has 132 valence electrons. The van der Waals surface area contributed by atoms with Crippen LogP contribution in [0.5, 0.6) is 0 Å². The highest BCUT2D eigenvalue weighted by atomic mass is 16.5. The number of rotatable bonds is 4. The molecular formula is C17H18N8O. The Morgan fingerprint density at radius 1 is 1.08 bits per heavy atom. The number of ether oxygens (including phenoxy) is 1. The predicted octanol–water partition coefficient (Wildman–Crippen LogP) is 1.49. The average molecular weight is 350 g/mol. The first kappa shape index (κ1) is 16.2. The number of aromatic nitrogens is 5. The maximum atomic E-state index is 5.59.